The Kier molecular flexibility index (Phi) is 11.4. The maximum absolute atomic E-state index is 11.1. The minimum Gasteiger partial charge on any atom is -0.481 e. The maximum Gasteiger partial charge on any atom is 0.315 e. The standard InChI is InChI=1S/C10H16N2O3S.C8H14O4/c13-8(14)4-2-1-3-7-9-6(5-16-7)11-10(15)12-9;9-7(10)5-3-1-2-4-6-8(11)12/h6-7,9H,1-5H2,(H,13,14)(H2,11,12,15);1-6H2,(H,9,10)(H,11,12)/t6-,7-,9-;/m0./s1. The van der Waals surface area contributed by atoms with Crippen molar-refractivity contribution in [3.63, 3.8) is 0 Å². The van der Waals surface area contributed by atoms with Crippen LogP contribution in [-0.4, -0.2) is 62.3 Å². The van der Waals surface area contributed by atoms with Crippen molar-refractivity contribution in [1.82, 2.24) is 10.6 Å². The Bertz CT molecular complexity index is 526. The third-order valence-electron chi connectivity index (χ3n) is 4.60. The molecule has 2 fully saturated rings. The second-order valence-electron chi connectivity index (χ2n) is 6.96. The average Bonchev–Trinajstić information content (AvgIpc) is 3.14. The van der Waals surface area contributed by atoms with Crippen LogP contribution in [0.25, 0.3) is 0 Å². The van der Waals surface area contributed by atoms with Gasteiger partial charge in [0.2, 0.25) is 0 Å². The van der Waals surface area contributed by atoms with Crippen LogP contribution in [0.3, 0.4) is 0 Å². The van der Waals surface area contributed by atoms with Gasteiger partial charge in [0.1, 0.15) is 0 Å². The summed E-state index contributed by atoms with van der Waals surface area (Å²) in [6.45, 7) is 0. The largest absolute Gasteiger partial charge is 0.481 e. The Labute approximate surface area is 168 Å². The van der Waals surface area contributed by atoms with Crippen molar-refractivity contribution in [2.24, 2.45) is 0 Å². The summed E-state index contributed by atoms with van der Waals surface area (Å²) in [7, 11) is 0. The molecule has 2 saturated heterocycles. The molecule has 160 valence electrons. The number of aliphatic carboxylic acids is 3. The number of carboxylic acids is 3. The summed E-state index contributed by atoms with van der Waals surface area (Å²) in [4.78, 5) is 41.6. The first-order chi connectivity index (χ1) is 13.3. The Morgan fingerprint density at radius 3 is 1.82 bits per heavy atom. The average molecular weight is 419 g/mol. The molecule has 0 aliphatic carbocycles. The van der Waals surface area contributed by atoms with Gasteiger partial charge in [-0.05, 0) is 25.7 Å². The van der Waals surface area contributed by atoms with E-state index < -0.39 is 17.9 Å². The summed E-state index contributed by atoms with van der Waals surface area (Å²) in [6.07, 6.45) is 6.16. The minimum absolute atomic E-state index is 0.0640. The van der Waals surface area contributed by atoms with Gasteiger partial charge in [0.15, 0.2) is 0 Å². The molecule has 2 rings (SSSR count). The van der Waals surface area contributed by atoms with E-state index in [1.165, 1.54) is 0 Å². The normalized spacial score (nSPS) is 22.4. The first-order valence-corrected chi connectivity index (χ1v) is 10.7. The topological polar surface area (TPSA) is 153 Å². The van der Waals surface area contributed by atoms with Crippen LogP contribution in [0.5, 0.6) is 0 Å². The lowest BCUT2D eigenvalue weighted by atomic mass is 10.0. The molecule has 0 radical (unpaired) electrons. The van der Waals surface area contributed by atoms with E-state index >= 15 is 0 Å². The lowest BCUT2D eigenvalue weighted by Gasteiger charge is -2.16. The van der Waals surface area contributed by atoms with E-state index in [1.54, 1.807) is 0 Å². The number of amides is 2. The summed E-state index contributed by atoms with van der Waals surface area (Å²) in [5.41, 5.74) is 0. The highest BCUT2D eigenvalue weighted by atomic mass is 32.2. The van der Waals surface area contributed by atoms with Crippen LogP contribution in [0, 0.1) is 0 Å². The van der Waals surface area contributed by atoms with E-state index in [-0.39, 0.29) is 37.4 Å². The Balaban J connectivity index is 0.000000295. The van der Waals surface area contributed by atoms with Crippen LogP contribution in [0.2, 0.25) is 0 Å². The minimum atomic E-state index is -0.784. The fourth-order valence-electron chi connectivity index (χ4n) is 3.17. The van der Waals surface area contributed by atoms with Gasteiger partial charge in [0.25, 0.3) is 0 Å². The molecule has 0 aromatic carbocycles. The van der Waals surface area contributed by atoms with E-state index in [0.717, 1.165) is 37.9 Å². The molecule has 2 aliphatic rings. The van der Waals surface area contributed by atoms with Gasteiger partial charge in [-0.3, -0.25) is 14.4 Å². The molecule has 2 amide bonds. The molecular formula is C18H30N2O7S. The predicted molar refractivity (Wildman–Crippen MR) is 105 cm³/mol. The second kappa shape index (κ2) is 13.2. The summed E-state index contributed by atoms with van der Waals surface area (Å²) >= 11 is 1.87. The number of unbranched alkanes of at least 4 members (excludes halogenated alkanes) is 4. The summed E-state index contributed by atoms with van der Waals surface area (Å²) in [5.74, 6) is -1.33. The van der Waals surface area contributed by atoms with E-state index in [4.69, 9.17) is 15.3 Å². The van der Waals surface area contributed by atoms with Crippen LogP contribution in [0.15, 0.2) is 0 Å². The molecule has 0 aromatic heterocycles. The van der Waals surface area contributed by atoms with Crippen LogP contribution >= 0.6 is 11.8 Å². The number of fused-ring (bicyclic) bond motifs is 1. The van der Waals surface area contributed by atoms with Gasteiger partial charge in [-0.1, -0.05) is 19.3 Å². The number of urea groups is 1. The molecule has 0 spiro atoms. The molecule has 0 saturated carbocycles. The number of hydrogen-bond donors (Lipinski definition) is 5. The van der Waals surface area contributed by atoms with Crippen LogP contribution in [0.4, 0.5) is 4.79 Å². The number of hydrogen-bond acceptors (Lipinski definition) is 5. The number of nitrogens with one attached hydrogen (secondary N) is 2. The third kappa shape index (κ3) is 10.4. The fraction of sp³-hybridized carbons (Fsp3) is 0.778. The molecule has 9 nitrogen and oxygen atoms in total. The SMILES string of the molecule is O=C(O)CCCCCCC(=O)O.O=C(O)CCCC[C@@H]1SC[C@@H]2NC(=O)N[C@@H]21. The van der Waals surface area contributed by atoms with Gasteiger partial charge in [-0.15, -0.1) is 0 Å². The number of carbonyl (C=O) groups is 4. The molecule has 0 bridgehead atoms. The first kappa shape index (κ1) is 24.1. The lowest BCUT2D eigenvalue weighted by Crippen LogP contribution is -2.36. The Hall–Kier alpha value is -1.97. The molecule has 10 heteroatoms. The molecular weight excluding hydrogens is 388 g/mol. The zero-order chi connectivity index (χ0) is 20.9. The van der Waals surface area contributed by atoms with Gasteiger partial charge in [-0.25, -0.2) is 4.79 Å². The Morgan fingerprint density at radius 1 is 0.821 bits per heavy atom. The molecule has 0 aromatic rings. The zero-order valence-corrected chi connectivity index (χ0v) is 16.7. The lowest BCUT2D eigenvalue weighted by molar-refractivity contribution is -0.138. The van der Waals surface area contributed by atoms with Crippen molar-refractivity contribution in [1.29, 1.82) is 0 Å². The van der Waals surface area contributed by atoms with Crippen LogP contribution < -0.4 is 10.6 Å². The number of rotatable bonds is 12. The Morgan fingerprint density at radius 2 is 1.32 bits per heavy atom. The fourth-order valence-corrected chi connectivity index (χ4v) is 4.71. The van der Waals surface area contributed by atoms with Gasteiger partial charge < -0.3 is 26.0 Å². The number of carbonyl (C=O) groups excluding carboxylic acids is 1. The van der Waals surface area contributed by atoms with E-state index in [9.17, 15) is 19.2 Å². The second-order valence-corrected chi connectivity index (χ2v) is 8.24. The summed E-state index contributed by atoms with van der Waals surface area (Å²) < 4.78 is 0. The van der Waals surface area contributed by atoms with E-state index in [2.05, 4.69) is 10.6 Å². The molecule has 0 unspecified atom stereocenters. The van der Waals surface area contributed by atoms with Crippen molar-refractivity contribution < 1.29 is 34.5 Å². The number of carboxylic acid groups (broad SMARTS) is 3. The van der Waals surface area contributed by atoms with Crippen LogP contribution in [-0.2, 0) is 14.4 Å². The van der Waals surface area contributed by atoms with Gasteiger partial charge in [0, 0.05) is 30.3 Å². The molecule has 28 heavy (non-hydrogen) atoms. The highest BCUT2D eigenvalue weighted by molar-refractivity contribution is 8.00. The zero-order valence-electron chi connectivity index (χ0n) is 15.9. The highest BCUT2D eigenvalue weighted by Gasteiger charge is 2.42. The predicted octanol–water partition coefficient (Wildman–Crippen LogP) is 2.29. The van der Waals surface area contributed by atoms with Crippen molar-refractivity contribution >= 4 is 35.7 Å². The van der Waals surface area contributed by atoms with Crippen molar-refractivity contribution in [3.05, 3.63) is 0 Å². The maximum atomic E-state index is 11.1. The van der Waals surface area contributed by atoms with E-state index in [1.807, 2.05) is 11.8 Å². The van der Waals surface area contributed by atoms with Crippen molar-refractivity contribution in [2.75, 3.05) is 5.75 Å². The molecule has 2 heterocycles. The monoisotopic (exact) mass is 418 g/mol. The quantitative estimate of drug-likeness (QED) is 0.239. The smallest absolute Gasteiger partial charge is 0.315 e. The summed E-state index contributed by atoms with van der Waals surface area (Å²) in [5, 5.41) is 31.3. The van der Waals surface area contributed by atoms with Gasteiger partial charge >= 0.3 is 23.9 Å². The highest BCUT2D eigenvalue weighted by Crippen LogP contribution is 2.33. The van der Waals surface area contributed by atoms with Gasteiger partial charge in [0.05, 0.1) is 12.1 Å². The third-order valence-corrected chi connectivity index (χ3v) is 6.11. The first-order valence-electron chi connectivity index (χ1n) is 9.63. The molecule has 3 atom stereocenters. The van der Waals surface area contributed by atoms with E-state index in [0.29, 0.717) is 18.1 Å². The van der Waals surface area contributed by atoms with Crippen LogP contribution in [0.1, 0.15) is 64.2 Å². The molecule has 5 N–H and O–H groups in total. The van der Waals surface area contributed by atoms with Gasteiger partial charge in [-0.2, -0.15) is 11.8 Å². The van der Waals surface area contributed by atoms with Crippen molar-refractivity contribution in [3.8, 4) is 0 Å². The molecule has 2 aliphatic heterocycles. The van der Waals surface area contributed by atoms with Crippen molar-refractivity contribution in [2.45, 2.75) is 81.5 Å². The number of thioether (sulfide) groups is 1. The summed E-state index contributed by atoms with van der Waals surface area (Å²) in [6, 6.07) is 0.440.